The summed E-state index contributed by atoms with van der Waals surface area (Å²) in [5.41, 5.74) is -4.84. The van der Waals surface area contributed by atoms with Crippen molar-refractivity contribution in [2.24, 2.45) is 0 Å². The molecule has 0 aliphatic heterocycles. The van der Waals surface area contributed by atoms with Crippen molar-refractivity contribution in [1.82, 2.24) is 0 Å². The average Bonchev–Trinajstić information content (AvgIpc) is 2.73. The van der Waals surface area contributed by atoms with Crippen molar-refractivity contribution < 1.29 is 32.7 Å². The predicted molar refractivity (Wildman–Crippen MR) is 115 cm³/mol. The highest BCUT2D eigenvalue weighted by molar-refractivity contribution is 14.1. The van der Waals surface area contributed by atoms with E-state index in [0.717, 1.165) is 13.0 Å². The monoisotopic (exact) mass is 547 g/mol. The molecular weight excluding hydrogens is 530 g/mol. The van der Waals surface area contributed by atoms with Crippen LogP contribution in [-0.4, -0.2) is 33.1 Å². The third kappa shape index (κ3) is 7.37. The van der Waals surface area contributed by atoms with Crippen LogP contribution in [-0.2, 0) is 11.0 Å². The number of hydrogen-bond acceptors (Lipinski definition) is 5. The van der Waals surface area contributed by atoms with Crippen LogP contribution in [0.5, 0.6) is 5.75 Å². The maximum absolute atomic E-state index is 13.0. The van der Waals surface area contributed by atoms with Crippen LogP contribution in [0.15, 0.2) is 42.5 Å². The molecule has 0 bridgehead atoms. The Morgan fingerprint density at radius 2 is 1.84 bits per heavy atom. The minimum atomic E-state index is -5.01. The second kappa shape index (κ2) is 10.9. The Morgan fingerprint density at radius 3 is 2.32 bits per heavy atom. The van der Waals surface area contributed by atoms with E-state index in [-0.39, 0.29) is 11.4 Å². The van der Waals surface area contributed by atoms with Crippen molar-refractivity contribution in [3.63, 3.8) is 0 Å². The van der Waals surface area contributed by atoms with Crippen molar-refractivity contribution in [2.75, 3.05) is 16.9 Å². The molecule has 1 atom stereocenters. The van der Waals surface area contributed by atoms with Gasteiger partial charge in [-0.3, -0.25) is 14.9 Å². The number of carbonyl (C=O) groups is 1. The summed E-state index contributed by atoms with van der Waals surface area (Å²) in [6, 6.07) is 7.78. The van der Waals surface area contributed by atoms with E-state index in [1.54, 1.807) is 0 Å². The minimum absolute atomic E-state index is 0.264. The third-order valence-corrected chi connectivity index (χ3v) is 3.73. The van der Waals surface area contributed by atoms with E-state index in [4.69, 9.17) is 11.3 Å². The van der Waals surface area contributed by atoms with Gasteiger partial charge in [0.25, 0.3) is 11.6 Å². The topological polar surface area (TPSA) is 106 Å². The summed E-state index contributed by atoms with van der Waals surface area (Å²) >= 11 is 2.15. The second-order valence-corrected chi connectivity index (χ2v) is 6.11. The summed E-state index contributed by atoms with van der Waals surface area (Å²) in [6.07, 6.45) is -5.01. The van der Waals surface area contributed by atoms with Crippen LogP contribution in [0.4, 0.5) is 30.2 Å². The number of halogens is 4. The zero-order valence-corrected chi connectivity index (χ0v) is 18.4. The molecule has 0 heterocycles. The maximum atomic E-state index is 13.0. The Balaban J connectivity index is 0.00000233. The lowest BCUT2D eigenvalue weighted by molar-refractivity contribution is -0.388. The highest BCUT2D eigenvalue weighted by Gasteiger charge is 2.39. The number of rotatable bonds is 6. The first-order chi connectivity index (χ1) is 14.4. The van der Waals surface area contributed by atoms with Crippen LogP contribution in [0.3, 0.4) is 0 Å². The first-order valence-electron chi connectivity index (χ1n) is 8.31. The van der Waals surface area contributed by atoms with Gasteiger partial charge in [0.05, 0.1) is 11.5 Å². The molecule has 0 radical (unpaired) electrons. The summed E-state index contributed by atoms with van der Waals surface area (Å²) in [7, 11) is 0. The lowest BCUT2D eigenvalue weighted by Crippen LogP contribution is -2.45. The number of nitro benzene ring substituents is 1. The highest BCUT2D eigenvalue weighted by Crippen LogP contribution is 2.37. The lowest BCUT2D eigenvalue weighted by atomic mass is 10.1. The van der Waals surface area contributed by atoms with Crippen LogP contribution in [0.2, 0.25) is 0 Å². The zero-order valence-electron chi connectivity index (χ0n) is 16.2. The molecule has 2 aromatic carbocycles. The van der Waals surface area contributed by atoms with Crippen LogP contribution >= 0.6 is 22.6 Å². The molecule has 0 spiro atoms. The first kappa shape index (κ1) is 26.1. The van der Waals surface area contributed by atoms with Gasteiger partial charge < -0.3 is 15.2 Å². The number of alkyl halides is 4. The zero-order chi connectivity index (χ0) is 23.8. The Morgan fingerprint density at radius 1 is 1.26 bits per heavy atom. The van der Waals surface area contributed by atoms with Gasteiger partial charge in [0, 0.05) is 11.8 Å². The van der Waals surface area contributed by atoms with Crippen molar-refractivity contribution in [1.29, 1.82) is 0 Å². The number of nitro groups is 1. The van der Waals surface area contributed by atoms with Gasteiger partial charge in [-0.2, -0.15) is 13.2 Å². The van der Waals surface area contributed by atoms with E-state index in [0.29, 0.717) is 17.8 Å². The SMILES string of the molecule is C[123I].[C-]#[N+]c1ccc(OC[C@](C)(O)C(=O)Nc2ccc([N+](=O)[O-])c(C(F)(F)F)c2)cc1. The van der Waals surface area contributed by atoms with Crippen LogP contribution in [0.25, 0.3) is 4.85 Å². The Bertz CT molecular complexity index is 973. The Labute approximate surface area is 189 Å². The summed E-state index contributed by atoms with van der Waals surface area (Å²) in [4.78, 5) is 27.0. The van der Waals surface area contributed by atoms with E-state index in [1.807, 2.05) is 4.93 Å². The number of amides is 1. The van der Waals surface area contributed by atoms with E-state index >= 15 is 0 Å². The molecule has 2 rings (SSSR count). The van der Waals surface area contributed by atoms with Gasteiger partial charge in [0.2, 0.25) is 0 Å². The standard InChI is InChI=1S/C18H14F3N3O5.CH3I/c1-17(26,10-29-13-6-3-11(22-2)4-7-13)16(25)23-12-5-8-15(24(27)28)14(9-12)18(19,20)21;1-2/h3-9,26H,10H2,1H3,(H,23,25);1H3/t17-;/m0./s1/i;2-4. The molecule has 0 saturated heterocycles. The third-order valence-electron chi connectivity index (χ3n) is 3.73. The van der Waals surface area contributed by atoms with Gasteiger partial charge in [-0.1, -0.05) is 34.7 Å². The van der Waals surface area contributed by atoms with E-state index in [9.17, 15) is 33.2 Å². The highest BCUT2D eigenvalue weighted by atomic mass is 123. The molecule has 166 valence electrons. The number of benzene rings is 2. The molecule has 2 N–H and O–H groups in total. The van der Waals surface area contributed by atoms with Gasteiger partial charge in [0.15, 0.2) is 11.3 Å². The number of nitrogens with one attached hydrogen (secondary N) is 1. The van der Waals surface area contributed by atoms with Gasteiger partial charge in [-0.05, 0) is 36.1 Å². The lowest BCUT2D eigenvalue weighted by Gasteiger charge is -2.23. The molecule has 31 heavy (non-hydrogen) atoms. The van der Waals surface area contributed by atoms with E-state index in [2.05, 4.69) is 32.8 Å². The summed E-state index contributed by atoms with van der Waals surface area (Å²) < 4.78 is 44.3. The number of carbonyl (C=O) groups excluding carboxylic acids is 1. The Kier molecular flexibility index (Phi) is 9.19. The summed E-state index contributed by atoms with van der Waals surface area (Å²) in [5, 5.41) is 23.1. The molecule has 0 aromatic heterocycles. The second-order valence-electron chi connectivity index (χ2n) is 6.11. The van der Waals surface area contributed by atoms with Crippen molar-refractivity contribution >= 4 is 45.6 Å². The molecule has 8 nitrogen and oxygen atoms in total. The molecule has 0 unspecified atom stereocenters. The predicted octanol–water partition coefficient (Wildman–Crippen LogP) is 4.98. The van der Waals surface area contributed by atoms with E-state index < -0.39 is 40.5 Å². The fourth-order valence-electron chi connectivity index (χ4n) is 2.17. The fourth-order valence-corrected chi connectivity index (χ4v) is 2.17. The van der Waals surface area contributed by atoms with Gasteiger partial charge in [-0.15, -0.1) is 0 Å². The molecule has 0 fully saturated rings. The maximum Gasteiger partial charge on any atom is 0.423 e. The molecule has 2 aromatic rings. The number of aliphatic hydroxyl groups is 1. The number of hydrogen-bond donors (Lipinski definition) is 2. The molecule has 0 aliphatic carbocycles. The molecule has 0 aliphatic rings. The molecule has 1 amide bonds. The number of anilines is 1. The van der Waals surface area contributed by atoms with Gasteiger partial charge in [-0.25, -0.2) is 4.85 Å². The van der Waals surface area contributed by atoms with Gasteiger partial charge >= 0.3 is 6.18 Å². The van der Waals surface area contributed by atoms with Crippen molar-refractivity contribution in [3.8, 4) is 5.75 Å². The van der Waals surface area contributed by atoms with Crippen molar-refractivity contribution in [3.05, 3.63) is 69.6 Å². The molecule has 12 heteroatoms. The van der Waals surface area contributed by atoms with Crippen LogP contribution in [0.1, 0.15) is 12.5 Å². The summed E-state index contributed by atoms with van der Waals surface area (Å²) in [5.74, 6) is -0.808. The molecule has 0 saturated carbocycles. The van der Waals surface area contributed by atoms with E-state index in [1.165, 1.54) is 24.3 Å². The number of nitrogens with zero attached hydrogens (tertiary/aromatic N) is 2. The Hall–Kier alpha value is -2.92. The van der Waals surface area contributed by atoms with Crippen LogP contribution in [0, 0.1) is 16.7 Å². The van der Waals surface area contributed by atoms with Crippen molar-refractivity contribution in [2.45, 2.75) is 18.7 Å². The first-order valence-corrected chi connectivity index (χ1v) is 10.5. The molecular formula is C19H17F3IN3O5. The smallest absolute Gasteiger partial charge is 0.423 e. The number of ether oxygens (including phenoxy) is 1. The fraction of sp³-hybridized carbons (Fsp3) is 0.263. The van der Waals surface area contributed by atoms with Crippen LogP contribution < -0.4 is 10.1 Å². The minimum Gasteiger partial charge on any atom is -0.490 e. The average molecular weight is 547 g/mol. The normalized spacial score (nSPS) is 12.5. The summed E-state index contributed by atoms with van der Waals surface area (Å²) in [6.45, 7) is 7.41. The largest absolute Gasteiger partial charge is 0.490 e. The van der Waals surface area contributed by atoms with Gasteiger partial charge in [0.1, 0.15) is 17.9 Å². The quantitative estimate of drug-likeness (QED) is 0.175.